The average molecular weight is 394 g/mol. The molecular weight excluding hydrogens is 374 g/mol. The van der Waals surface area contributed by atoms with Gasteiger partial charge in [0.1, 0.15) is 11.6 Å². The number of aryl methyl sites for hydroxylation is 1. The second-order valence-corrected chi connectivity index (χ2v) is 8.46. The molecule has 2 aromatic carbocycles. The summed E-state index contributed by atoms with van der Waals surface area (Å²) in [6.07, 6.45) is 0.666. The molecule has 0 spiro atoms. The van der Waals surface area contributed by atoms with Gasteiger partial charge in [0.2, 0.25) is 15.9 Å². The summed E-state index contributed by atoms with van der Waals surface area (Å²) in [5.41, 5.74) is 0.453. The van der Waals surface area contributed by atoms with E-state index in [-0.39, 0.29) is 29.6 Å². The SMILES string of the molecule is Cc1cc(F)ccc1S(=O)(=O)N1CCC(C(=O)Nc2ccccc2F)CC1. The van der Waals surface area contributed by atoms with Crippen molar-refractivity contribution >= 4 is 21.6 Å². The summed E-state index contributed by atoms with van der Waals surface area (Å²) in [5.74, 6) is -1.73. The van der Waals surface area contributed by atoms with Crippen LogP contribution in [-0.4, -0.2) is 31.7 Å². The molecule has 1 amide bonds. The van der Waals surface area contributed by atoms with Gasteiger partial charge in [0.05, 0.1) is 10.6 Å². The number of anilines is 1. The number of carbonyl (C=O) groups is 1. The van der Waals surface area contributed by atoms with Crippen LogP contribution in [0, 0.1) is 24.5 Å². The third kappa shape index (κ3) is 4.17. The molecule has 3 rings (SSSR count). The van der Waals surface area contributed by atoms with Gasteiger partial charge >= 0.3 is 0 Å². The van der Waals surface area contributed by atoms with Crippen LogP contribution in [0.15, 0.2) is 47.4 Å². The normalized spacial score (nSPS) is 16.3. The molecule has 144 valence electrons. The Balaban J connectivity index is 1.66. The fourth-order valence-electron chi connectivity index (χ4n) is 3.20. The van der Waals surface area contributed by atoms with Crippen molar-refractivity contribution in [3.8, 4) is 0 Å². The first-order valence-corrected chi connectivity index (χ1v) is 10.0. The Morgan fingerprint density at radius 2 is 1.78 bits per heavy atom. The molecule has 1 saturated heterocycles. The number of nitrogens with zero attached hydrogens (tertiary/aromatic N) is 1. The van der Waals surface area contributed by atoms with Gasteiger partial charge in [0, 0.05) is 19.0 Å². The van der Waals surface area contributed by atoms with E-state index < -0.39 is 27.6 Å². The topological polar surface area (TPSA) is 66.5 Å². The summed E-state index contributed by atoms with van der Waals surface area (Å²) in [6, 6.07) is 9.46. The van der Waals surface area contributed by atoms with Gasteiger partial charge < -0.3 is 5.32 Å². The molecule has 0 aromatic heterocycles. The van der Waals surface area contributed by atoms with Crippen LogP contribution in [0.1, 0.15) is 18.4 Å². The van der Waals surface area contributed by atoms with Crippen molar-refractivity contribution in [1.29, 1.82) is 0 Å². The van der Waals surface area contributed by atoms with E-state index in [0.29, 0.717) is 18.4 Å². The highest BCUT2D eigenvalue weighted by Crippen LogP contribution is 2.27. The number of rotatable bonds is 4. The van der Waals surface area contributed by atoms with Crippen LogP contribution >= 0.6 is 0 Å². The van der Waals surface area contributed by atoms with E-state index in [2.05, 4.69) is 5.32 Å². The molecule has 2 aromatic rings. The predicted molar refractivity (Wildman–Crippen MR) is 97.6 cm³/mol. The van der Waals surface area contributed by atoms with Gasteiger partial charge in [0.25, 0.3) is 0 Å². The van der Waals surface area contributed by atoms with Gasteiger partial charge in [-0.05, 0) is 55.7 Å². The minimum absolute atomic E-state index is 0.0677. The lowest BCUT2D eigenvalue weighted by Gasteiger charge is -2.31. The summed E-state index contributed by atoms with van der Waals surface area (Å²) in [7, 11) is -3.75. The van der Waals surface area contributed by atoms with Crippen molar-refractivity contribution in [2.75, 3.05) is 18.4 Å². The highest BCUT2D eigenvalue weighted by molar-refractivity contribution is 7.89. The molecule has 0 saturated carbocycles. The van der Waals surface area contributed by atoms with E-state index >= 15 is 0 Å². The second-order valence-electron chi connectivity index (χ2n) is 6.56. The summed E-state index contributed by atoms with van der Waals surface area (Å²) in [6.45, 7) is 1.90. The van der Waals surface area contributed by atoms with Crippen molar-refractivity contribution in [1.82, 2.24) is 4.31 Å². The van der Waals surface area contributed by atoms with Crippen molar-refractivity contribution < 1.29 is 22.0 Å². The number of halogens is 2. The van der Waals surface area contributed by atoms with E-state index in [1.54, 1.807) is 13.0 Å². The van der Waals surface area contributed by atoms with Gasteiger partial charge in [-0.1, -0.05) is 12.1 Å². The zero-order valence-corrected chi connectivity index (χ0v) is 15.6. The summed E-state index contributed by atoms with van der Waals surface area (Å²) in [5, 5.41) is 2.56. The van der Waals surface area contributed by atoms with Crippen LogP contribution in [0.5, 0.6) is 0 Å². The molecule has 5 nitrogen and oxygen atoms in total. The Morgan fingerprint density at radius 1 is 1.11 bits per heavy atom. The fourth-order valence-corrected chi connectivity index (χ4v) is 4.87. The number of nitrogens with one attached hydrogen (secondary N) is 1. The third-order valence-corrected chi connectivity index (χ3v) is 6.77. The van der Waals surface area contributed by atoms with Gasteiger partial charge in [-0.2, -0.15) is 4.31 Å². The molecule has 0 bridgehead atoms. The maximum Gasteiger partial charge on any atom is 0.243 e. The largest absolute Gasteiger partial charge is 0.323 e. The minimum atomic E-state index is -3.75. The molecule has 0 aliphatic carbocycles. The zero-order valence-electron chi connectivity index (χ0n) is 14.8. The van der Waals surface area contributed by atoms with Crippen LogP contribution in [-0.2, 0) is 14.8 Å². The van der Waals surface area contributed by atoms with Crippen molar-refractivity contribution in [3.05, 3.63) is 59.7 Å². The van der Waals surface area contributed by atoms with E-state index in [9.17, 15) is 22.0 Å². The number of hydrogen-bond acceptors (Lipinski definition) is 3. The molecule has 1 aliphatic heterocycles. The fraction of sp³-hybridized carbons (Fsp3) is 0.316. The Morgan fingerprint density at radius 3 is 2.41 bits per heavy atom. The van der Waals surface area contributed by atoms with Gasteiger partial charge in [-0.3, -0.25) is 4.79 Å². The Labute approximate surface area is 157 Å². The van der Waals surface area contributed by atoms with Crippen LogP contribution in [0.2, 0.25) is 0 Å². The minimum Gasteiger partial charge on any atom is -0.323 e. The molecular formula is C19H20F2N2O3S. The molecule has 1 heterocycles. The number of hydrogen-bond donors (Lipinski definition) is 1. The Kier molecular flexibility index (Phi) is 5.57. The van der Waals surface area contributed by atoms with Gasteiger partial charge in [0.15, 0.2) is 0 Å². The number of carbonyl (C=O) groups excluding carboxylic acids is 1. The standard InChI is InChI=1S/C19H20F2N2O3S/c1-13-12-15(20)6-7-18(13)27(25,26)23-10-8-14(9-11-23)19(24)22-17-5-3-2-4-16(17)21/h2-7,12,14H,8-11H2,1H3,(H,22,24). The van der Waals surface area contributed by atoms with Gasteiger partial charge in [-0.15, -0.1) is 0 Å². The molecule has 1 N–H and O–H groups in total. The summed E-state index contributed by atoms with van der Waals surface area (Å²) < 4.78 is 53.8. The first-order chi connectivity index (χ1) is 12.8. The third-order valence-electron chi connectivity index (χ3n) is 4.71. The predicted octanol–water partition coefficient (Wildman–Crippen LogP) is 3.31. The molecule has 1 fully saturated rings. The van der Waals surface area contributed by atoms with Gasteiger partial charge in [-0.25, -0.2) is 17.2 Å². The molecule has 1 aliphatic rings. The second kappa shape index (κ2) is 7.74. The van der Waals surface area contributed by atoms with E-state index in [4.69, 9.17) is 0 Å². The van der Waals surface area contributed by atoms with Crippen molar-refractivity contribution in [2.45, 2.75) is 24.7 Å². The van der Waals surface area contributed by atoms with E-state index in [1.165, 1.54) is 34.6 Å². The molecule has 8 heteroatoms. The lowest BCUT2D eigenvalue weighted by molar-refractivity contribution is -0.120. The van der Waals surface area contributed by atoms with Crippen molar-refractivity contribution in [3.63, 3.8) is 0 Å². The molecule has 0 unspecified atom stereocenters. The number of amides is 1. The van der Waals surface area contributed by atoms with Crippen LogP contribution in [0.3, 0.4) is 0 Å². The average Bonchev–Trinajstić information content (AvgIpc) is 2.63. The monoisotopic (exact) mass is 394 g/mol. The quantitative estimate of drug-likeness (QED) is 0.865. The summed E-state index contributed by atoms with van der Waals surface area (Å²) in [4.78, 5) is 12.4. The lowest BCUT2D eigenvalue weighted by atomic mass is 9.97. The molecule has 0 radical (unpaired) electrons. The maximum absolute atomic E-state index is 13.7. The van der Waals surface area contributed by atoms with E-state index in [1.807, 2.05) is 0 Å². The Hall–Kier alpha value is -2.32. The summed E-state index contributed by atoms with van der Waals surface area (Å²) >= 11 is 0. The maximum atomic E-state index is 13.7. The van der Waals surface area contributed by atoms with Crippen molar-refractivity contribution in [2.24, 2.45) is 5.92 Å². The smallest absolute Gasteiger partial charge is 0.243 e. The Bertz CT molecular complexity index is 955. The van der Waals surface area contributed by atoms with Crippen LogP contribution in [0.25, 0.3) is 0 Å². The number of piperidine rings is 1. The highest BCUT2D eigenvalue weighted by atomic mass is 32.2. The van der Waals surface area contributed by atoms with E-state index in [0.717, 1.165) is 6.07 Å². The lowest BCUT2D eigenvalue weighted by Crippen LogP contribution is -2.41. The molecule has 27 heavy (non-hydrogen) atoms. The van der Waals surface area contributed by atoms with Crippen LogP contribution in [0.4, 0.5) is 14.5 Å². The molecule has 0 atom stereocenters. The number of benzene rings is 2. The first-order valence-electron chi connectivity index (χ1n) is 8.61. The highest BCUT2D eigenvalue weighted by Gasteiger charge is 2.33. The number of sulfonamides is 1. The number of para-hydroxylation sites is 1. The van der Waals surface area contributed by atoms with Crippen LogP contribution < -0.4 is 5.32 Å². The zero-order chi connectivity index (χ0) is 19.6. The first kappa shape index (κ1) is 19.4.